The molecule has 88 valence electrons. The second kappa shape index (κ2) is 3.78. The number of hydrogen-bond donors (Lipinski definition) is 1. The number of methoxy groups -OCH3 is 1. The van der Waals surface area contributed by atoms with Gasteiger partial charge in [0.1, 0.15) is 6.10 Å². The molecule has 0 radical (unpaired) electrons. The third-order valence-electron chi connectivity index (χ3n) is 4.52. The lowest BCUT2D eigenvalue weighted by Gasteiger charge is -2.10. The first kappa shape index (κ1) is 12.5. The number of rotatable bonds is 4. The highest BCUT2D eigenvalue weighted by Crippen LogP contribution is 2.67. The third kappa shape index (κ3) is 2.03. The number of ether oxygens (including phenoxy) is 1. The predicted molar refractivity (Wildman–Crippen MR) is 60.5 cm³/mol. The maximum Gasteiger partial charge on any atom is 0.248 e. The fourth-order valence-corrected chi connectivity index (χ4v) is 2.30. The Morgan fingerprint density at radius 2 is 1.80 bits per heavy atom. The highest BCUT2D eigenvalue weighted by Gasteiger charge is 2.64. The molecule has 3 heteroatoms. The highest BCUT2D eigenvalue weighted by molar-refractivity contribution is 5.80. The van der Waals surface area contributed by atoms with Crippen LogP contribution in [0.3, 0.4) is 0 Å². The average Bonchev–Trinajstić information content (AvgIpc) is 2.53. The van der Waals surface area contributed by atoms with Crippen LogP contribution in [-0.2, 0) is 9.53 Å². The summed E-state index contributed by atoms with van der Waals surface area (Å²) in [4.78, 5) is 11.5. The lowest BCUT2D eigenvalue weighted by molar-refractivity contribution is -0.130. The second-order valence-corrected chi connectivity index (χ2v) is 5.62. The van der Waals surface area contributed by atoms with Gasteiger partial charge in [-0.2, -0.15) is 0 Å². The first-order valence-electron chi connectivity index (χ1n) is 5.55. The molecule has 1 atom stereocenters. The van der Waals surface area contributed by atoms with Gasteiger partial charge in [0, 0.05) is 13.7 Å². The lowest BCUT2D eigenvalue weighted by atomic mass is 10.0. The van der Waals surface area contributed by atoms with Crippen LogP contribution in [0.15, 0.2) is 0 Å². The molecule has 1 saturated carbocycles. The summed E-state index contributed by atoms with van der Waals surface area (Å²) in [7, 11) is 1.55. The summed E-state index contributed by atoms with van der Waals surface area (Å²) in [6.07, 6.45) is -0.352. The first-order chi connectivity index (χ1) is 6.75. The molecule has 1 fully saturated rings. The molecular weight excluding hydrogens is 190 g/mol. The van der Waals surface area contributed by atoms with Crippen molar-refractivity contribution in [2.24, 2.45) is 16.7 Å². The van der Waals surface area contributed by atoms with Crippen molar-refractivity contribution in [1.29, 1.82) is 0 Å². The van der Waals surface area contributed by atoms with E-state index in [1.807, 2.05) is 0 Å². The lowest BCUT2D eigenvalue weighted by Crippen LogP contribution is -2.35. The summed E-state index contributed by atoms with van der Waals surface area (Å²) in [5.41, 5.74) is 0.660. The van der Waals surface area contributed by atoms with Crippen LogP contribution in [0.5, 0.6) is 0 Å². The number of carbonyl (C=O) groups excluding carboxylic acids is 1. The van der Waals surface area contributed by atoms with E-state index in [9.17, 15) is 4.79 Å². The van der Waals surface area contributed by atoms with Crippen molar-refractivity contribution >= 4 is 5.91 Å². The average molecular weight is 213 g/mol. The first-order valence-corrected chi connectivity index (χ1v) is 5.55. The van der Waals surface area contributed by atoms with Gasteiger partial charge in [0.2, 0.25) is 5.91 Å². The standard InChI is InChI=1S/C12H23NO2/c1-8(15-6)10(14)13-7-9-11(2,3)12(9,4)5/h8-9H,7H2,1-6H3,(H,13,14). The Balaban J connectivity index is 2.38. The zero-order valence-electron chi connectivity index (χ0n) is 10.7. The molecule has 0 aromatic heterocycles. The summed E-state index contributed by atoms with van der Waals surface area (Å²) in [6.45, 7) is 11.5. The van der Waals surface area contributed by atoms with Gasteiger partial charge in [-0.1, -0.05) is 27.7 Å². The summed E-state index contributed by atoms with van der Waals surface area (Å²) < 4.78 is 4.96. The number of amides is 1. The molecule has 15 heavy (non-hydrogen) atoms. The van der Waals surface area contributed by atoms with E-state index in [-0.39, 0.29) is 12.0 Å². The molecule has 1 aliphatic rings. The summed E-state index contributed by atoms with van der Waals surface area (Å²) in [5, 5.41) is 2.94. The molecule has 1 unspecified atom stereocenters. The Bertz CT molecular complexity index is 244. The summed E-state index contributed by atoms with van der Waals surface area (Å²) in [6, 6.07) is 0. The van der Waals surface area contributed by atoms with Crippen molar-refractivity contribution in [2.75, 3.05) is 13.7 Å². The zero-order chi connectivity index (χ0) is 11.9. The van der Waals surface area contributed by atoms with Crippen molar-refractivity contribution in [3.63, 3.8) is 0 Å². The quantitative estimate of drug-likeness (QED) is 0.773. The molecule has 0 spiro atoms. The normalized spacial score (nSPS) is 24.7. The molecule has 0 heterocycles. The molecule has 3 nitrogen and oxygen atoms in total. The van der Waals surface area contributed by atoms with Gasteiger partial charge in [0.25, 0.3) is 0 Å². The van der Waals surface area contributed by atoms with E-state index in [1.165, 1.54) is 0 Å². The minimum atomic E-state index is -0.352. The maximum absolute atomic E-state index is 11.5. The van der Waals surface area contributed by atoms with E-state index in [2.05, 4.69) is 33.0 Å². The highest BCUT2D eigenvalue weighted by atomic mass is 16.5. The van der Waals surface area contributed by atoms with E-state index >= 15 is 0 Å². The number of nitrogens with one attached hydrogen (secondary N) is 1. The SMILES string of the molecule is COC(C)C(=O)NCC1C(C)(C)C1(C)C. The third-order valence-corrected chi connectivity index (χ3v) is 4.52. The fourth-order valence-electron chi connectivity index (χ4n) is 2.30. The minimum absolute atomic E-state index is 0.0176. The van der Waals surface area contributed by atoms with Crippen molar-refractivity contribution in [3.05, 3.63) is 0 Å². The van der Waals surface area contributed by atoms with Gasteiger partial charge >= 0.3 is 0 Å². The Morgan fingerprint density at radius 3 is 2.13 bits per heavy atom. The van der Waals surface area contributed by atoms with Crippen LogP contribution in [0, 0.1) is 16.7 Å². The van der Waals surface area contributed by atoms with Crippen molar-refractivity contribution in [2.45, 2.75) is 40.7 Å². The Kier molecular flexibility index (Phi) is 3.15. The van der Waals surface area contributed by atoms with E-state index in [0.29, 0.717) is 16.7 Å². The van der Waals surface area contributed by atoms with Crippen LogP contribution in [0.2, 0.25) is 0 Å². The largest absolute Gasteiger partial charge is 0.372 e. The molecule has 1 rings (SSSR count). The van der Waals surface area contributed by atoms with Gasteiger partial charge in [-0.3, -0.25) is 4.79 Å². The van der Waals surface area contributed by atoms with Crippen LogP contribution < -0.4 is 5.32 Å². The Morgan fingerprint density at radius 1 is 1.33 bits per heavy atom. The van der Waals surface area contributed by atoms with Crippen molar-refractivity contribution in [3.8, 4) is 0 Å². The van der Waals surface area contributed by atoms with Gasteiger partial charge in [-0.25, -0.2) is 0 Å². The van der Waals surface area contributed by atoms with E-state index in [0.717, 1.165) is 6.54 Å². The molecule has 1 amide bonds. The number of carbonyl (C=O) groups is 1. The summed E-state index contributed by atoms with van der Waals surface area (Å²) in [5.74, 6) is 0.550. The molecule has 0 bridgehead atoms. The predicted octanol–water partition coefficient (Wildman–Crippen LogP) is 1.82. The zero-order valence-corrected chi connectivity index (χ0v) is 10.7. The smallest absolute Gasteiger partial charge is 0.248 e. The van der Waals surface area contributed by atoms with Crippen LogP contribution >= 0.6 is 0 Å². The van der Waals surface area contributed by atoms with Gasteiger partial charge < -0.3 is 10.1 Å². The maximum atomic E-state index is 11.5. The van der Waals surface area contributed by atoms with Crippen LogP contribution in [0.4, 0.5) is 0 Å². The van der Waals surface area contributed by atoms with Crippen LogP contribution in [0.1, 0.15) is 34.6 Å². The second-order valence-electron chi connectivity index (χ2n) is 5.62. The van der Waals surface area contributed by atoms with Gasteiger partial charge in [0.05, 0.1) is 0 Å². The molecule has 0 saturated heterocycles. The molecule has 0 aliphatic heterocycles. The van der Waals surface area contributed by atoms with E-state index in [4.69, 9.17) is 4.74 Å². The van der Waals surface area contributed by atoms with Gasteiger partial charge in [0.15, 0.2) is 0 Å². The monoisotopic (exact) mass is 213 g/mol. The molecule has 0 aromatic carbocycles. The van der Waals surface area contributed by atoms with Gasteiger partial charge in [-0.15, -0.1) is 0 Å². The van der Waals surface area contributed by atoms with E-state index in [1.54, 1.807) is 14.0 Å². The van der Waals surface area contributed by atoms with Gasteiger partial charge in [-0.05, 0) is 23.7 Å². The molecule has 1 aliphatic carbocycles. The number of hydrogen-bond acceptors (Lipinski definition) is 2. The van der Waals surface area contributed by atoms with Crippen LogP contribution in [-0.4, -0.2) is 25.7 Å². The Labute approximate surface area is 92.6 Å². The van der Waals surface area contributed by atoms with Crippen molar-refractivity contribution in [1.82, 2.24) is 5.32 Å². The van der Waals surface area contributed by atoms with Crippen molar-refractivity contribution < 1.29 is 9.53 Å². The minimum Gasteiger partial charge on any atom is -0.372 e. The fraction of sp³-hybridized carbons (Fsp3) is 0.917. The Hall–Kier alpha value is -0.570. The molecule has 1 N–H and O–H groups in total. The topological polar surface area (TPSA) is 38.3 Å². The molecular formula is C12H23NO2. The molecule has 0 aromatic rings. The van der Waals surface area contributed by atoms with Crippen LogP contribution in [0.25, 0.3) is 0 Å². The van der Waals surface area contributed by atoms with E-state index < -0.39 is 0 Å². The summed E-state index contributed by atoms with van der Waals surface area (Å²) >= 11 is 0.